The Morgan fingerprint density at radius 1 is 0.962 bits per heavy atom. The second-order valence-electron chi connectivity index (χ2n) is 7.16. The van der Waals surface area contributed by atoms with Crippen LogP contribution in [0.25, 0.3) is 16.3 Å². The fourth-order valence-corrected chi connectivity index (χ4v) is 4.48. The van der Waals surface area contributed by atoms with Crippen molar-refractivity contribution in [3.8, 4) is 6.07 Å². The average molecular weight is 333 g/mol. The van der Waals surface area contributed by atoms with Gasteiger partial charge in [0.25, 0.3) is 0 Å². The molecule has 124 valence electrons. The quantitative estimate of drug-likeness (QED) is 0.509. The lowest BCUT2D eigenvalue weighted by Gasteiger charge is -2.31. The van der Waals surface area contributed by atoms with Crippen molar-refractivity contribution in [3.05, 3.63) is 101 Å². The van der Waals surface area contributed by atoms with E-state index in [4.69, 9.17) is 0 Å². The molecule has 0 spiro atoms. The standard InChI is InChI=1S/C25H19N/c26-16-17-6-5-9-19(14-17)24-15-20-8-2-3-10-21(20)23-13-12-18-7-1-4-11-22(18)25(23)24/h1,4-7,9-15,24H,2-3,8H2. The largest absolute Gasteiger partial charge is 0.192 e. The van der Waals surface area contributed by atoms with Gasteiger partial charge in [-0.05, 0) is 70.0 Å². The van der Waals surface area contributed by atoms with Gasteiger partial charge in [-0.3, -0.25) is 0 Å². The average Bonchev–Trinajstić information content (AvgIpc) is 2.72. The van der Waals surface area contributed by atoms with Crippen molar-refractivity contribution in [1.82, 2.24) is 0 Å². The normalized spacial score (nSPS) is 18.3. The fraction of sp³-hybridized carbons (Fsp3) is 0.160. The highest BCUT2D eigenvalue weighted by molar-refractivity contribution is 5.96. The van der Waals surface area contributed by atoms with E-state index in [0.29, 0.717) is 0 Å². The number of allylic oxidation sites excluding steroid dienone is 4. The van der Waals surface area contributed by atoms with Gasteiger partial charge >= 0.3 is 0 Å². The number of nitriles is 1. The van der Waals surface area contributed by atoms with Gasteiger partial charge in [0.1, 0.15) is 0 Å². The maximum atomic E-state index is 9.34. The van der Waals surface area contributed by atoms with Crippen LogP contribution in [0.15, 0.2) is 78.4 Å². The molecule has 3 aromatic carbocycles. The lowest BCUT2D eigenvalue weighted by atomic mass is 9.73. The lowest BCUT2D eigenvalue weighted by Crippen LogP contribution is -2.12. The SMILES string of the molecule is N#Cc1cccc(C2C=C3CCCC=C3c3ccc4ccccc4c32)c1. The van der Waals surface area contributed by atoms with Crippen molar-refractivity contribution in [2.24, 2.45) is 0 Å². The van der Waals surface area contributed by atoms with E-state index in [1.807, 2.05) is 18.2 Å². The maximum absolute atomic E-state index is 9.34. The number of nitrogens with zero attached hydrogens (tertiary/aromatic N) is 1. The summed E-state index contributed by atoms with van der Waals surface area (Å²) in [6, 6.07) is 23.6. The van der Waals surface area contributed by atoms with E-state index >= 15 is 0 Å². The minimum absolute atomic E-state index is 0.203. The van der Waals surface area contributed by atoms with Gasteiger partial charge in [0.05, 0.1) is 11.6 Å². The predicted octanol–water partition coefficient (Wildman–Crippen LogP) is 6.35. The third kappa shape index (κ3) is 2.30. The zero-order valence-corrected chi connectivity index (χ0v) is 14.6. The molecular weight excluding hydrogens is 314 g/mol. The minimum atomic E-state index is 0.203. The van der Waals surface area contributed by atoms with Crippen LogP contribution in [0.4, 0.5) is 0 Å². The van der Waals surface area contributed by atoms with Gasteiger partial charge in [-0.25, -0.2) is 0 Å². The molecule has 0 saturated carbocycles. The molecule has 0 amide bonds. The topological polar surface area (TPSA) is 23.8 Å². The molecule has 2 aliphatic rings. The van der Waals surface area contributed by atoms with Gasteiger partial charge in [-0.1, -0.05) is 60.7 Å². The molecule has 2 aliphatic carbocycles. The summed E-state index contributed by atoms with van der Waals surface area (Å²) >= 11 is 0. The maximum Gasteiger partial charge on any atom is 0.0991 e. The van der Waals surface area contributed by atoms with Crippen LogP contribution in [0, 0.1) is 11.3 Å². The zero-order valence-electron chi connectivity index (χ0n) is 14.6. The van der Waals surface area contributed by atoms with Gasteiger partial charge in [0.15, 0.2) is 0 Å². The molecule has 0 N–H and O–H groups in total. The molecule has 1 atom stereocenters. The Balaban J connectivity index is 1.83. The summed E-state index contributed by atoms with van der Waals surface area (Å²) in [5, 5.41) is 11.9. The van der Waals surface area contributed by atoms with Gasteiger partial charge in [-0.15, -0.1) is 0 Å². The second-order valence-corrected chi connectivity index (χ2v) is 7.16. The molecule has 1 heteroatoms. The van der Waals surface area contributed by atoms with Crippen molar-refractivity contribution in [2.75, 3.05) is 0 Å². The molecule has 0 saturated heterocycles. The van der Waals surface area contributed by atoms with E-state index in [1.54, 1.807) is 0 Å². The summed E-state index contributed by atoms with van der Waals surface area (Å²) < 4.78 is 0. The van der Waals surface area contributed by atoms with E-state index in [9.17, 15) is 5.26 Å². The van der Waals surface area contributed by atoms with Crippen molar-refractivity contribution < 1.29 is 0 Å². The summed E-state index contributed by atoms with van der Waals surface area (Å²) in [6.07, 6.45) is 8.38. The molecule has 5 rings (SSSR count). The van der Waals surface area contributed by atoms with Crippen LogP contribution in [0.5, 0.6) is 0 Å². The van der Waals surface area contributed by atoms with Crippen LogP contribution < -0.4 is 0 Å². The molecular formula is C25H19N. The number of rotatable bonds is 1. The molecule has 0 bridgehead atoms. The van der Waals surface area contributed by atoms with Crippen molar-refractivity contribution in [3.63, 3.8) is 0 Å². The van der Waals surface area contributed by atoms with Crippen molar-refractivity contribution >= 4 is 16.3 Å². The Labute approximate surface area is 153 Å². The summed E-state index contributed by atoms with van der Waals surface area (Å²) in [4.78, 5) is 0. The molecule has 0 heterocycles. The molecule has 1 nitrogen and oxygen atoms in total. The first-order valence-corrected chi connectivity index (χ1v) is 9.28. The third-order valence-corrected chi connectivity index (χ3v) is 5.66. The Kier molecular flexibility index (Phi) is 3.50. The van der Waals surface area contributed by atoms with Gasteiger partial charge in [0.2, 0.25) is 0 Å². The number of benzene rings is 3. The zero-order chi connectivity index (χ0) is 17.5. The number of hydrogen-bond donors (Lipinski definition) is 0. The van der Waals surface area contributed by atoms with Crippen LogP contribution >= 0.6 is 0 Å². The summed E-state index contributed by atoms with van der Waals surface area (Å²) in [5.41, 5.74) is 7.57. The summed E-state index contributed by atoms with van der Waals surface area (Å²) in [6.45, 7) is 0. The molecule has 26 heavy (non-hydrogen) atoms. The van der Waals surface area contributed by atoms with E-state index in [-0.39, 0.29) is 5.92 Å². The Morgan fingerprint density at radius 2 is 1.88 bits per heavy atom. The van der Waals surface area contributed by atoms with E-state index in [2.05, 4.69) is 60.7 Å². The third-order valence-electron chi connectivity index (χ3n) is 5.66. The van der Waals surface area contributed by atoms with Crippen LogP contribution in [0.3, 0.4) is 0 Å². The number of fused-ring (bicyclic) bond motifs is 5. The Morgan fingerprint density at radius 3 is 2.81 bits per heavy atom. The summed E-state index contributed by atoms with van der Waals surface area (Å²) in [7, 11) is 0. The lowest BCUT2D eigenvalue weighted by molar-refractivity contribution is 0.811. The fourth-order valence-electron chi connectivity index (χ4n) is 4.48. The van der Waals surface area contributed by atoms with E-state index in [1.165, 1.54) is 45.0 Å². The highest BCUT2D eigenvalue weighted by Gasteiger charge is 2.28. The molecule has 3 aromatic rings. The van der Waals surface area contributed by atoms with Crippen LogP contribution in [0.1, 0.15) is 47.4 Å². The predicted molar refractivity (Wildman–Crippen MR) is 107 cm³/mol. The molecule has 0 radical (unpaired) electrons. The molecule has 0 aliphatic heterocycles. The highest BCUT2D eigenvalue weighted by Crippen LogP contribution is 2.47. The van der Waals surface area contributed by atoms with Gasteiger partial charge < -0.3 is 0 Å². The van der Waals surface area contributed by atoms with Crippen molar-refractivity contribution in [2.45, 2.75) is 25.2 Å². The first-order valence-electron chi connectivity index (χ1n) is 9.28. The first kappa shape index (κ1) is 15.2. The molecule has 1 unspecified atom stereocenters. The highest BCUT2D eigenvalue weighted by atomic mass is 14.3. The Hall–Kier alpha value is -3.11. The Bertz CT molecular complexity index is 1120. The van der Waals surface area contributed by atoms with Gasteiger partial charge in [-0.2, -0.15) is 5.26 Å². The molecule has 0 fully saturated rings. The van der Waals surface area contributed by atoms with E-state index in [0.717, 1.165) is 18.4 Å². The monoisotopic (exact) mass is 333 g/mol. The smallest absolute Gasteiger partial charge is 0.0991 e. The van der Waals surface area contributed by atoms with Gasteiger partial charge in [0, 0.05) is 5.92 Å². The minimum Gasteiger partial charge on any atom is -0.192 e. The van der Waals surface area contributed by atoms with Crippen LogP contribution in [0.2, 0.25) is 0 Å². The molecule has 0 aromatic heterocycles. The second kappa shape index (κ2) is 6.00. The number of hydrogen-bond acceptors (Lipinski definition) is 1. The van der Waals surface area contributed by atoms with Crippen LogP contribution in [-0.4, -0.2) is 0 Å². The first-order chi connectivity index (χ1) is 12.8. The van der Waals surface area contributed by atoms with E-state index < -0.39 is 0 Å². The summed E-state index contributed by atoms with van der Waals surface area (Å²) in [5.74, 6) is 0.203. The van der Waals surface area contributed by atoms with Crippen molar-refractivity contribution in [1.29, 1.82) is 5.26 Å². The van der Waals surface area contributed by atoms with Crippen LogP contribution in [-0.2, 0) is 0 Å².